The monoisotopic (exact) mass is 290 g/mol. The number of hydrogen-bond donors (Lipinski definition) is 0. The van der Waals surface area contributed by atoms with Gasteiger partial charge in [0.05, 0.1) is 11.6 Å². The Morgan fingerprint density at radius 1 is 1.24 bits per heavy atom. The third-order valence-corrected chi connectivity index (χ3v) is 3.52. The molecule has 1 aliphatic heterocycles. The van der Waals surface area contributed by atoms with Crippen LogP contribution in [0, 0.1) is 11.3 Å². The number of nitrogens with zero attached hydrogens (tertiary/aromatic N) is 2. The normalized spacial score (nSPS) is 21.1. The van der Waals surface area contributed by atoms with Crippen molar-refractivity contribution in [2.45, 2.75) is 12.2 Å². The van der Waals surface area contributed by atoms with E-state index in [0.29, 0.717) is 24.4 Å². The summed E-state index contributed by atoms with van der Waals surface area (Å²) in [6.45, 7) is 0.966. The van der Waals surface area contributed by atoms with E-state index in [4.69, 9.17) is 19.5 Å². The first-order chi connectivity index (χ1) is 10.2. The summed E-state index contributed by atoms with van der Waals surface area (Å²) in [5, 5.41) is 8.71. The zero-order valence-electron chi connectivity index (χ0n) is 12.1. The van der Waals surface area contributed by atoms with Gasteiger partial charge in [0, 0.05) is 27.3 Å². The van der Waals surface area contributed by atoms with Crippen LogP contribution in [0.1, 0.15) is 5.56 Å². The number of amides is 1. The van der Waals surface area contributed by atoms with E-state index in [2.05, 4.69) is 0 Å². The van der Waals surface area contributed by atoms with Gasteiger partial charge in [0.2, 0.25) is 0 Å². The van der Waals surface area contributed by atoms with Crippen molar-refractivity contribution < 1.29 is 19.0 Å². The van der Waals surface area contributed by atoms with Crippen LogP contribution in [0.3, 0.4) is 0 Å². The van der Waals surface area contributed by atoms with Crippen LogP contribution in [-0.2, 0) is 14.3 Å². The van der Waals surface area contributed by atoms with Crippen LogP contribution >= 0.6 is 0 Å². The highest BCUT2D eigenvalue weighted by atomic mass is 16.5. The molecule has 1 heterocycles. The molecule has 1 fully saturated rings. The number of rotatable bonds is 5. The third-order valence-electron chi connectivity index (χ3n) is 3.52. The van der Waals surface area contributed by atoms with Crippen molar-refractivity contribution in [1.82, 2.24) is 4.90 Å². The van der Waals surface area contributed by atoms with E-state index in [9.17, 15) is 4.79 Å². The number of hydrogen-bond acceptors (Lipinski definition) is 5. The van der Waals surface area contributed by atoms with Gasteiger partial charge < -0.3 is 19.1 Å². The van der Waals surface area contributed by atoms with Gasteiger partial charge in [-0.1, -0.05) is 0 Å². The van der Waals surface area contributed by atoms with Gasteiger partial charge in [-0.15, -0.1) is 0 Å². The van der Waals surface area contributed by atoms with E-state index in [1.165, 1.54) is 0 Å². The molecule has 2 atom stereocenters. The molecular formula is C15H18N2O4. The molecule has 2 rings (SSSR count). The number of carbonyl (C=O) groups is 1. The minimum absolute atomic E-state index is 0.0429. The molecule has 1 aromatic rings. The van der Waals surface area contributed by atoms with Gasteiger partial charge >= 0.3 is 0 Å². The molecule has 0 bridgehead atoms. The fourth-order valence-corrected chi connectivity index (χ4v) is 2.26. The molecule has 112 valence electrons. The Labute approximate surface area is 123 Å². The van der Waals surface area contributed by atoms with Gasteiger partial charge in [-0.3, -0.25) is 4.79 Å². The Hall–Kier alpha value is -2.10. The molecule has 6 nitrogen and oxygen atoms in total. The number of likely N-dealkylation sites (tertiary alicyclic amines) is 1. The van der Waals surface area contributed by atoms with Crippen molar-refractivity contribution >= 4 is 5.91 Å². The lowest BCUT2D eigenvalue weighted by Gasteiger charge is -2.16. The highest BCUT2D eigenvalue weighted by molar-refractivity contribution is 5.78. The fourth-order valence-electron chi connectivity index (χ4n) is 2.26. The molecule has 0 N–H and O–H groups in total. The average molecular weight is 290 g/mol. The van der Waals surface area contributed by atoms with Crippen LogP contribution in [0.15, 0.2) is 24.3 Å². The second-order valence-corrected chi connectivity index (χ2v) is 4.77. The number of carbonyl (C=O) groups excluding carboxylic acids is 1. The molecule has 6 heteroatoms. The molecule has 21 heavy (non-hydrogen) atoms. The average Bonchev–Trinajstić information content (AvgIpc) is 2.96. The Balaban J connectivity index is 1.86. The molecule has 0 saturated carbocycles. The first kappa shape index (κ1) is 15.3. The first-order valence-electron chi connectivity index (χ1n) is 6.64. The summed E-state index contributed by atoms with van der Waals surface area (Å²) in [5.74, 6) is 0.453. The predicted molar refractivity (Wildman–Crippen MR) is 74.8 cm³/mol. The molecule has 0 aromatic heterocycles. The van der Waals surface area contributed by atoms with E-state index < -0.39 is 0 Å². The van der Waals surface area contributed by atoms with Crippen LogP contribution < -0.4 is 4.74 Å². The number of methoxy groups -OCH3 is 2. The predicted octanol–water partition coefficient (Wildman–Crippen LogP) is 0.809. The third kappa shape index (κ3) is 3.72. The largest absolute Gasteiger partial charge is 0.484 e. The quantitative estimate of drug-likeness (QED) is 0.802. The Morgan fingerprint density at radius 2 is 1.81 bits per heavy atom. The van der Waals surface area contributed by atoms with Crippen molar-refractivity contribution in [2.24, 2.45) is 0 Å². The Kier molecular flexibility index (Phi) is 5.14. The van der Waals surface area contributed by atoms with Gasteiger partial charge in [0.25, 0.3) is 5.91 Å². The van der Waals surface area contributed by atoms with Gasteiger partial charge in [0.1, 0.15) is 18.0 Å². The molecule has 1 aromatic carbocycles. The maximum atomic E-state index is 12.1. The second kappa shape index (κ2) is 7.07. The summed E-state index contributed by atoms with van der Waals surface area (Å²) in [6, 6.07) is 8.67. The summed E-state index contributed by atoms with van der Waals surface area (Å²) < 4.78 is 16.0. The zero-order chi connectivity index (χ0) is 15.2. The molecule has 0 aliphatic carbocycles. The van der Waals surface area contributed by atoms with Crippen molar-refractivity contribution in [2.75, 3.05) is 33.9 Å². The highest BCUT2D eigenvalue weighted by Gasteiger charge is 2.35. The van der Waals surface area contributed by atoms with Gasteiger partial charge in [-0.25, -0.2) is 0 Å². The van der Waals surface area contributed by atoms with E-state index in [0.717, 1.165) is 0 Å². The number of nitriles is 1. The first-order valence-corrected chi connectivity index (χ1v) is 6.64. The summed E-state index contributed by atoms with van der Waals surface area (Å²) in [6.07, 6.45) is -0.206. The fraction of sp³-hybridized carbons (Fsp3) is 0.467. The highest BCUT2D eigenvalue weighted by Crippen LogP contribution is 2.17. The summed E-state index contributed by atoms with van der Waals surface area (Å²) in [4.78, 5) is 13.8. The van der Waals surface area contributed by atoms with E-state index in [1.54, 1.807) is 43.4 Å². The maximum absolute atomic E-state index is 12.1. The van der Waals surface area contributed by atoms with E-state index in [1.807, 2.05) is 6.07 Å². The van der Waals surface area contributed by atoms with Crippen LogP contribution in [0.4, 0.5) is 0 Å². The van der Waals surface area contributed by atoms with Crippen molar-refractivity contribution in [1.29, 1.82) is 5.26 Å². The standard InChI is InChI=1S/C15H18N2O4/c1-19-13-8-17(9-14(13)20-2)15(18)10-21-12-5-3-11(7-16)4-6-12/h3-6,13-14H,8-10H2,1-2H3. The lowest BCUT2D eigenvalue weighted by Crippen LogP contribution is -2.34. The van der Waals surface area contributed by atoms with Crippen LogP contribution in [0.5, 0.6) is 5.75 Å². The zero-order valence-corrected chi connectivity index (χ0v) is 12.1. The summed E-state index contributed by atoms with van der Waals surface area (Å²) in [7, 11) is 3.22. The molecule has 0 spiro atoms. The van der Waals surface area contributed by atoms with Crippen LogP contribution in [0.25, 0.3) is 0 Å². The van der Waals surface area contributed by atoms with Gasteiger partial charge in [-0.05, 0) is 24.3 Å². The van der Waals surface area contributed by atoms with Crippen LogP contribution in [-0.4, -0.2) is 56.9 Å². The molecule has 1 amide bonds. The molecule has 0 radical (unpaired) electrons. The molecule has 2 unspecified atom stereocenters. The molecule has 1 saturated heterocycles. The van der Waals surface area contributed by atoms with Gasteiger partial charge in [0.15, 0.2) is 6.61 Å². The maximum Gasteiger partial charge on any atom is 0.260 e. The lowest BCUT2D eigenvalue weighted by atomic mass is 10.2. The summed E-state index contributed by atoms with van der Waals surface area (Å²) in [5.41, 5.74) is 0.555. The number of ether oxygens (including phenoxy) is 3. The van der Waals surface area contributed by atoms with Crippen molar-refractivity contribution in [3.8, 4) is 11.8 Å². The van der Waals surface area contributed by atoms with E-state index in [-0.39, 0.29) is 24.7 Å². The van der Waals surface area contributed by atoms with E-state index >= 15 is 0 Å². The molecular weight excluding hydrogens is 272 g/mol. The van der Waals surface area contributed by atoms with Crippen molar-refractivity contribution in [3.63, 3.8) is 0 Å². The minimum atomic E-state index is -0.110. The second-order valence-electron chi connectivity index (χ2n) is 4.77. The smallest absolute Gasteiger partial charge is 0.260 e. The lowest BCUT2D eigenvalue weighted by molar-refractivity contribution is -0.132. The summed E-state index contributed by atoms with van der Waals surface area (Å²) >= 11 is 0. The Morgan fingerprint density at radius 3 is 2.29 bits per heavy atom. The minimum Gasteiger partial charge on any atom is -0.484 e. The SMILES string of the molecule is COC1CN(C(=O)COc2ccc(C#N)cc2)CC1OC. The molecule has 1 aliphatic rings. The van der Waals surface area contributed by atoms with Crippen molar-refractivity contribution in [3.05, 3.63) is 29.8 Å². The topological polar surface area (TPSA) is 71.8 Å². The van der Waals surface area contributed by atoms with Crippen LogP contribution in [0.2, 0.25) is 0 Å². The van der Waals surface area contributed by atoms with Gasteiger partial charge in [-0.2, -0.15) is 5.26 Å². The Bertz CT molecular complexity index is 511. The number of benzene rings is 1.